The maximum Gasteiger partial charge on any atom is 0.319 e. The van der Waals surface area contributed by atoms with E-state index in [1.807, 2.05) is 4.90 Å². The van der Waals surface area contributed by atoms with Crippen molar-refractivity contribution >= 4 is 5.97 Å². The van der Waals surface area contributed by atoms with Crippen LogP contribution in [0.2, 0.25) is 0 Å². The Labute approximate surface area is 92.5 Å². The predicted octanol–water partition coefficient (Wildman–Crippen LogP) is 1.30. The van der Waals surface area contributed by atoms with Gasteiger partial charge in [0.15, 0.2) is 0 Å². The van der Waals surface area contributed by atoms with Gasteiger partial charge < -0.3 is 9.47 Å². The van der Waals surface area contributed by atoms with Gasteiger partial charge in [-0.2, -0.15) is 0 Å². The topological polar surface area (TPSA) is 38.8 Å². The Morgan fingerprint density at radius 3 is 2.47 bits per heavy atom. The van der Waals surface area contributed by atoms with E-state index in [2.05, 4.69) is 25.5 Å². The molecule has 0 radical (unpaired) electrons. The minimum absolute atomic E-state index is 0.195. The van der Waals surface area contributed by atoms with E-state index in [9.17, 15) is 4.79 Å². The average molecular weight is 217 g/mol. The van der Waals surface area contributed by atoms with Crippen LogP contribution in [0.5, 0.6) is 0 Å². The second-order valence-electron chi connectivity index (χ2n) is 3.75. The van der Waals surface area contributed by atoms with Crippen molar-refractivity contribution in [2.24, 2.45) is 0 Å². The normalized spacial score (nSPS) is 11.1. The molecule has 0 heterocycles. The molecular weight excluding hydrogens is 194 g/mol. The van der Waals surface area contributed by atoms with Crippen LogP contribution in [0, 0.1) is 0 Å². The number of rotatable bonds is 8. The zero-order valence-corrected chi connectivity index (χ0v) is 10.3. The fraction of sp³-hybridized carbons (Fsp3) is 0.909. The van der Waals surface area contributed by atoms with Gasteiger partial charge in [0.1, 0.15) is 0 Å². The van der Waals surface area contributed by atoms with Crippen LogP contribution in [-0.2, 0) is 14.3 Å². The molecule has 0 aromatic rings. The smallest absolute Gasteiger partial charge is 0.319 e. The van der Waals surface area contributed by atoms with Gasteiger partial charge in [-0.15, -0.1) is 0 Å². The largest absolute Gasteiger partial charge is 0.468 e. The zero-order chi connectivity index (χ0) is 11.7. The van der Waals surface area contributed by atoms with Crippen LogP contribution in [0.25, 0.3) is 0 Å². The second kappa shape index (κ2) is 8.68. The van der Waals surface area contributed by atoms with Crippen LogP contribution in [0.1, 0.15) is 27.2 Å². The summed E-state index contributed by atoms with van der Waals surface area (Å²) >= 11 is 0. The molecule has 0 aliphatic carbocycles. The number of ether oxygens (including phenoxy) is 2. The Kier molecular flexibility index (Phi) is 8.33. The Bertz CT molecular complexity index is 171. The molecule has 0 aromatic carbocycles. The van der Waals surface area contributed by atoms with Crippen LogP contribution < -0.4 is 0 Å². The fourth-order valence-corrected chi connectivity index (χ4v) is 1.18. The monoisotopic (exact) mass is 217 g/mol. The van der Waals surface area contributed by atoms with Crippen LogP contribution in [-0.4, -0.2) is 50.3 Å². The zero-order valence-electron chi connectivity index (χ0n) is 10.3. The molecular formula is C11H23NO3. The molecule has 0 bridgehead atoms. The van der Waals surface area contributed by atoms with Crippen LogP contribution in [0.15, 0.2) is 0 Å². The predicted molar refractivity (Wildman–Crippen MR) is 59.8 cm³/mol. The lowest BCUT2D eigenvalue weighted by molar-refractivity contribution is -0.142. The van der Waals surface area contributed by atoms with Crippen molar-refractivity contribution < 1.29 is 14.3 Å². The average Bonchev–Trinajstić information content (AvgIpc) is 2.21. The summed E-state index contributed by atoms with van der Waals surface area (Å²) in [7, 11) is 1.41. The Hall–Kier alpha value is -0.610. The van der Waals surface area contributed by atoms with E-state index in [-0.39, 0.29) is 5.97 Å². The van der Waals surface area contributed by atoms with Gasteiger partial charge in [-0.3, -0.25) is 9.69 Å². The lowest BCUT2D eigenvalue weighted by atomic mass is 10.3. The van der Waals surface area contributed by atoms with Crippen molar-refractivity contribution in [2.75, 3.05) is 33.4 Å². The first kappa shape index (κ1) is 14.4. The van der Waals surface area contributed by atoms with Crippen LogP contribution in [0.4, 0.5) is 0 Å². The van der Waals surface area contributed by atoms with Gasteiger partial charge in [-0.25, -0.2) is 0 Å². The van der Waals surface area contributed by atoms with E-state index in [4.69, 9.17) is 4.74 Å². The van der Waals surface area contributed by atoms with E-state index < -0.39 is 0 Å². The van der Waals surface area contributed by atoms with Gasteiger partial charge in [0, 0.05) is 19.2 Å². The first-order valence-electron chi connectivity index (χ1n) is 5.50. The lowest BCUT2D eigenvalue weighted by Gasteiger charge is -2.24. The lowest BCUT2D eigenvalue weighted by Crippen LogP contribution is -2.38. The van der Waals surface area contributed by atoms with Gasteiger partial charge in [0.05, 0.1) is 20.3 Å². The van der Waals surface area contributed by atoms with Crippen molar-refractivity contribution in [3.63, 3.8) is 0 Å². The maximum absolute atomic E-state index is 11.1. The van der Waals surface area contributed by atoms with Gasteiger partial charge in [-0.05, 0) is 20.3 Å². The van der Waals surface area contributed by atoms with E-state index in [1.54, 1.807) is 0 Å². The number of esters is 1. The highest BCUT2D eigenvalue weighted by Gasteiger charge is 2.13. The highest BCUT2D eigenvalue weighted by molar-refractivity contribution is 5.71. The Balaban J connectivity index is 3.78. The molecule has 0 aliphatic heterocycles. The van der Waals surface area contributed by atoms with Gasteiger partial charge in [-0.1, -0.05) is 6.92 Å². The second-order valence-corrected chi connectivity index (χ2v) is 3.75. The van der Waals surface area contributed by atoms with Crippen molar-refractivity contribution in [1.29, 1.82) is 0 Å². The van der Waals surface area contributed by atoms with Crippen molar-refractivity contribution in [3.8, 4) is 0 Å². The molecule has 0 N–H and O–H groups in total. The Morgan fingerprint density at radius 2 is 2.00 bits per heavy atom. The Morgan fingerprint density at radius 1 is 1.33 bits per heavy atom. The van der Waals surface area contributed by atoms with E-state index in [0.29, 0.717) is 19.2 Å². The number of hydrogen-bond donors (Lipinski definition) is 0. The summed E-state index contributed by atoms with van der Waals surface area (Å²) in [5, 5.41) is 0. The van der Waals surface area contributed by atoms with Gasteiger partial charge in [0.2, 0.25) is 0 Å². The molecule has 4 heteroatoms. The highest BCUT2D eigenvalue weighted by Crippen LogP contribution is 1.98. The molecule has 0 unspecified atom stereocenters. The molecule has 90 valence electrons. The van der Waals surface area contributed by atoms with E-state index in [0.717, 1.165) is 19.6 Å². The molecule has 0 rings (SSSR count). The summed E-state index contributed by atoms with van der Waals surface area (Å²) in [5.41, 5.74) is 0. The van der Waals surface area contributed by atoms with E-state index >= 15 is 0 Å². The van der Waals surface area contributed by atoms with Crippen molar-refractivity contribution in [1.82, 2.24) is 4.90 Å². The minimum Gasteiger partial charge on any atom is -0.468 e. The summed E-state index contributed by atoms with van der Waals surface area (Å²) < 4.78 is 10.0. The molecule has 15 heavy (non-hydrogen) atoms. The summed E-state index contributed by atoms with van der Waals surface area (Å²) in [6.07, 6.45) is 1.03. The third-order valence-corrected chi connectivity index (χ3v) is 2.16. The van der Waals surface area contributed by atoms with E-state index in [1.165, 1.54) is 7.11 Å². The van der Waals surface area contributed by atoms with Crippen LogP contribution in [0.3, 0.4) is 0 Å². The molecule has 0 amide bonds. The summed E-state index contributed by atoms with van der Waals surface area (Å²) in [6, 6.07) is 0.328. The molecule has 0 fully saturated rings. The quantitative estimate of drug-likeness (QED) is 0.454. The fourth-order valence-electron chi connectivity index (χ4n) is 1.18. The maximum atomic E-state index is 11.1. The highest BCUT2D eigenvalue weighted by atomic mass is 16.5. The minimum atomic E-state index is -0.195. The molecule has 4 nitrogen and oxygen atoms in total. The molecule has 0 aromatic heterocycles. The number of hydrogen-bond acceptors (Lipinski definition) is 4. The third kappa shape index (κ3) is 7.33. The van der Waals surface area contributed by atoms with Gasteiger partial charge >= 0.3 is 5.97 Å². The SMILES string of the molecule is CCCOCCN(CC(=O)OC)C(C)C. The number of methoxy groups -OCH3 is 1. The molecule has 0 atom stereocenters. The molecule has 0 saturated heterocycles. The first-order chi connectivity index (χ1) is 7.11. The number of nitrogens with zero attached hydrogens (tertiary/aromatic N) is 1. The van der Waals surface area contributed by atoms with Crippen molar-refractivity contribution in [2.45, 2.75) is 33.2 Å². The summed E-state index contributed by atoms with van der Waals surface area (Å²) in [4.78, 5) is 13.2. The molecule has 0 aliphatic rings. The summed E-state index contributed by atoms with van der Waals surface area (Å²) in [6.45, 7) is 8.75. The molecule has 0 spiro atoms. The standard InChI is InChI=1S/C11H23NO3/c1-5-7-15-8-6-12(10(2)3)9-11(13)14-4/h10H,5-9H2,1-4H3. The number of carbonyl (C=O) groups is 1. The number of carbonyl (C=O) groups excluding carboxylic acids is 1. The first-order valence-corrected chi connectivity index (χ1v) is 5.50. The molecule has 0 saturated carbocycles. The van der Waals surface area contributed by atoms with Gasteiger partial charge in [0.25, 0.3) is 0 Å². The van der Waals surface area contributed by atoms with Crippen LogP contribution >= 0.6 is 0 Å². The van der Waals surface area contributed by atoms with Crippen molar-refractivity contribution in [3.05, 3.63) is 0 Å². The third-order valence-electron chi connectivity index (χ3n) is 2.16. The summed E-state index contributed by atoms with van der Waals surface area (Å²) in [5.74, 6) is -0.195.